The molecule has 11 heteroatoms. The van der Waals surface area contributed by atoms with Gasteiger partial charge in [-0.3, -0.25) is 14.2 Å². The van der Waals surface area contributed by atoms with Crippen LogP contribution < -0.4 is 15.6 Å². The SMILES string of the molecule is Cc1nc2ccccc2c(=O)n1-c1ccc(C(=O)OCC(=O)Nc2ccc(OC(F)F)c(Cl)c2)cc1. The fourth-order valence-corrected chi connectivity index (χ4v) is 3.70. The Hall–Kier alpha value is -4.31. The maximum absolute atomic E-state index is 12.9. The molecule has 4 rings (SSSR count). The number of nitrogens with one attached hydrogen (secondary N) is 1. The monoisotopic (exact) mass is 513 g/mol. The third kappa shape index (κ3) is 5.49. The molecule has 184 valence electrons. The van der Waals surface area contributed by atoms with E-state index in [1.165, 1.54) is 34.9 Å². The third-order valence-corrected chi connectivity index (χ3v) is 5.37. The number of hydrogen-bond donors (Lipinski definition) is 1. The topological polar surface area (TPSA) is 99.5 Å². The average molecular weight is 514 g/mol. The van der Waals surface area contributed by atoms with Gasteiger partial charge in [0.05, 0.1) is 27.2 Å². The number of amides is 1. The van der Waals surface area contributed by atoms with E-state index >= 15 is 0 Å². The number of benzene rings is 3. The second-order valence-electron chi connectivity index (χ2n) is 7.51. The van der Waals surface area contributed by atoms with Crippen molar-refractivity contribution in [2.45, 2.75) is 13.5 Å². The largest absolute Gasteiger partial charge is 0.452 e. The maximum Gasteiger partial charge on any atom is 0.387 e. The Labute approximate surface area is 208 Å². The van der Waals surface area contributed by atoms with Crippen LogP contribution in [0.2, 0.25) is 5.02 Å². The molecule has 0 saturated carbocycles. The normalized spacial score (nSPS) is 10.9. The van der Waals surface area contributed by atoms with Crippen LogP contribution in [-0.2, 0) is 9.53 Å². The lowest BCUT2D eigenvalue weighted by Gasteiger charge is -2.12. The minimum atomic E-state index is -3.04. The van der Waals surface area contributed by atoms with E-state index in [0.29, 0.717) is 22.4 Å². The summed E-state index contributed by atoms with van der Waals surface area (Å²) < 4.78 is 35.3. The Morgan fingerprint density at radius 2 is 1.81 bits per heavy atom. The molecule has 0 unspecified atom stereocenters. The molecule has 1 aromatic heterocycles. The summed E-state index contributed by atoms with van der Waals surface area (Å²) >= 11 is 5.85. The lowest BCUT2D eigenvalue weighted by molar-refractivity contribution is -0.119. The number of fused-ring (bicyclic) bond motifs is 1. The van der Waals surface area contributed by atoms with Gasteiger partial charge in [-0.05, 0) is 61.5 Å². The number of carbonyl (C=O) groups is 2. The second-order valence-corrected chi connectivity index (χ2v) is 7.92. The maximum atomic E-state index is 12.9. The number of alkyl halides is 2. The van der Waals surface area contributed by atoms with E-state index in [1.807, 2.05) is 0 Å². The van der Waals surface area contributed by atoms with Crippen molar-refractivity contribution in [1.29, 1.82) is 0 Å². The van der Waals surface area contributed by atoms with Crippen LogP contribution in [-0.4, -0.2) is 34.6 Å². The molecule has 1 heterocycles. The summed E-state index contributed by atoms with van der Waals surface area (Å²) in [6.07, 6.45) is 0. The molecule has 0 saturated heterocycles. The molecule has 1 N–H and O–H groups in total. The van der Waals surface area contributed by atoms with Crippen LogP contribution in [0.15, 0.2) is 71.5 Å². The highest BCUT2D eigenvalue weighted by Gasteiger charge is 2.14. The van der Waals surface area contributed by atoms with Gasteiger partial charge >= 0.3 is 12.6 Å². The minimum absolute atomic E-state index is 0.124. The number of ether oxygens (including phenoxy) is 2. The molecular formula is C25H18ClF2N3O5. The second kappa shape index (κ2) is 10.5. The van der Waals surface area contributed by atoms with Crippen molar-refractivity contribution in [1.82, 2.24) is 9.55 Å². The molecule has 3 aromatic carbocycles. The predicted molar refractivity (Wildman–Crippen MR) is 129 cm³/mol. The molecule has 1 amide bonds. The highest BCUT2D eigenvalue weighted by atomic mass is 35.5. The molecule has 0 radical (unpaired) electrons. The predicted octanol–water partition coefficient (Wildman–Crippen LogP) is 4.74. The van der Waals surface area contributed by atoms with E-state index in [-0.39, 0.29) is 27.6 Å². The molecule has 0 atom stereocenters. The number of rotatable bonds is 7. The highest BCUT2D eigenvalue weighted by molar-refractivity contribution is 6.32. The van der Waals surface area contributed by atoms with Crippen LogP contribution in [0.1, 0.15) is 16.2 Å². The zero-order valence-electron chi connectivity index (χ0n) is 18.7. The molecule has 0 aliphatic heterocycles. The lowest BCUT2D eigenvalue weighted by atomic mass is 10.2. The zero-order chi connectivity index (χ0) is 25.8. The Bertz CT molecular complexity index is 1510. The minimum Gasteiger partial charge on any atom is -0.452 e. The van der Waals surface area contributed by atoms with Crippen LogP contribution in [0.3, 0.4) is 0 Å². The fourth-order valence-electron chi connectivity index (χ4n) is 3.48. The van der Waals surface area contributed by atoms with Gasteiger partial charge in [0.2, 0.25) is 0 Å². The number of para-hydroxylation sites is 1. The van der Waals surface area contributed by atoms with E-state index < -0.39 is 25.1 Å². The molecule has 0 fully saturated rings. The Kier molecular flexibility index (Phi) is 7.25. The number of halogens is 3. The van der Waals surface area contributed by atoms with Crippen molar-refractivity contribution in [2.75, 3.05) is 11.9 Å². The van der Waals surface area contributed by atoms with Crippen LogP contribution >= 0.6 is 11.6 Å². The van der Waals surface area contributed by atoms with Crippen LogP contribution in [0, 0.1) is 6.92 Å². The van der Waals surface area contributed by atoms with Crippen LogP contribution in [0.5, 0.6) is 5.75 Å². The van der Waals surface area contributed by atoms with E-state index in [1.54, 1.807) is 43.3 Å². The smallest absolute Gasteiger partial charge is 0.387 e. The molecule has 0 aliphatic carbocycles. The zero-order valence-corrected chi connectivity index (χ0v) is 19.5. The quantitative estimate of drug-likeness (QED) is 0.358. The van der Waals surface area contributed by atoms with Gasteiger partial charge in [0.15, 0.2) is 6.61 Å². The Balaban J connectivity index is 1.40. The molecular weight excluding hydrogens is 496 g/mol. The Morgan fingerprint density at radius 1 is 1.08 bits per heavy atom. The lowest BCUT2D eigenvalue weighted by Crippen LogP contribution is -2.22. The van der Waals surface area contributed by atoms with Gasteiger partial charge in [-0.1, -0.05) is 23.7 Å². The highest BCUT2D eigenvalue weighted by Crippen LogP contribution is 2.29. The number of carbonyl (C=O) groups excluding carboxylic acids is 2. The van der Waals surface area contributed by atoms with Crippen molar-refractivity contribution in [2.24, 2.45) is 0 Å². The molecule has 4 aromatic rings. The van der Waals surface area contributed by atoms with Crippen molar-refractivity contribution in [3.8, 4) is 11.4 Å². The van der Waals surface area contributed by atoms with Gasteiger partial charge in [0.25, 0.3) is 11.5 Å². The number of hydrogen-bond acceptors (Lipinski definition) is 6. The van der Waals surface area contributed by atoms with Gasteiger partial charge in [-0.15, -0.1) is 0 Å². The summed E-state index contributed by atoms with van der Waals surface area (Å²) in [5, 5.41) is 2.78. The fraction of sp³-hybridized carbons (Fsp3) is 0.120. The summed E-state index contributed by atoms with van der Waals surface area (Å²) in [5.74, 6) is -1.17. The third-order valence-electron chi connectivity index (χ3n) is 5.07. The first-order chi connectivity index (χ1) is 17.2. The van der Waals surface area contributed by atoms with Gasteiger partial charge < -0.3 is 14.8 Å². The summed E-state index contributed by atoms with van der Waals surface area (Å²) in [6, 6.07) is 16.8. The first-order valence-electron chi connectivity index (χ1n) is 10.5. The number of aryl methyl sites for hydroxylation is 1. The number of nitrogens with zero attached hydrogens (tertiary/aromatic N) is 2. The average Bonchev–Trinajstić information content (AvgIpc) is 2.84. The van der Waals surface area contributed by atoms with Crippen molar-refractivity contribution in [3.05, 3.63) is 93.5 Å². The molecule has 0 bridgehead atoms. The van der Waals surface area contributed by atoms with Crippen molar-refractivity contribution < 1.29 is 27.8 Å². The van der Waals surface area contributed by atoms with E-state index in [9.17, 15) is 23.2 Å². The molecule has 36 heavy (non-hydrogen) atoms. The summed E-state index contributed by atoms with van der Waals surface area (Å²) in [7, 11) is 0. The van der Waals surface area contributed by atoms with Crippen molar-refractivity contribution in [3.63, 3.8) is 0 Å². The summed E-state index contributed by atoms with van der Waals surface area (Å²) in [4.78, 5) is 41.9. The first-order valence-corrected chi connectivity index (χ1v) is 10.9. The molecule has 0 spiro atoms. The Morgan fingerprint density at radius 3 is 2.50 bits per heavy atom. The molecule has 8 nitrogen and oxygen atoms in total. The van der Waals surface area contributed by atoms with Gasteiger partial charge in [0.1, 0.15) is 11.6 Å². The van der Waals surface area contributed by atoms with E-state index in [0.717, 1.165) is 0 Å². The van der Waals surface area contributed by atoms with Gasteiger partial charge in [-0.2, -0.15) is 8.78 Å². The summed E-state index contributed by atoms with van der Waals surface area (Å²) in [6.45, 7) is -1.92. The van der Waals surface area contributed by atoms with Crippen LogP contribution in [0.4, 0.5) is 14.5 Å². The summed E-state index contributed by atoms with van der Waals surface area (Å²) in [5.41, 5.74) is 1.24. The van der Waals surface area contributed by atoms with E-state index in [4.69, 9.17) is 16.3 Å². The van der Waals surface area contributed by atoms with E-state index in [2.05, 4.69) is 15.0 Å². The molecule has 0 aliphatic rings. The number of esters is 1. The number of anilines is 1. The van der Waals surface area contributed by atoms with Crippen LogP contribution in [0.25, 0.3) is 16.6 Å². The van der Waals surface area contributed by atoms with Crippen molar-refractivity contribution >= 4 is 40.1 Å². The first kappa shape index (κ1) is 24.8. The van der Waals surface area contributed by atoms with Gasteiger partial charge in [-0.25, -0.2) is 9.78 Å². The van der Waals surface area contributed by atoms with Gasteiger partial charge in [0, 0.05) is 5.69 Å². The number of aromatic nitrogens is 2. The standard InChI is InChI=1S/C25H18ClF2N3O5/c1-14-29-20-5-3-2-4-18(20)23(33)31(14)17-9-6-15(7-10-17)24(34)35-13-22(32)30-16-8-11-21(19(26)12-16)36-25(27)28/h2-12,25H,13H2,1H3,(H,30,32).